The standard InChI is InChI=1S/C12H11NO2/c14-11-9-5-7-3-1-2-4-8(7)6-10(9)12(15)13-11/h5-6H,1-4H2,(H,13,14,15). The van der Waals surface area contributed by atoms with Gasteiger partial charge in [0.15, 0.2) is 0 Å². The van der Waals surface area contributed by atoms with Gasteiger partial charge in [-0.25, -0.2) is 0 Å². The van der Waals surface area contributed by atoms with Crippen molar-refractivity contribution in [3.63, 3.8) is 0 Å². The van der Waals surface area contributed by atoms with E-state index in [0.717, 1.165) is 12.8 Å². The molecule has 0 radical (unpaired) electrons. The predicted octanol–water partition coefficient (Wildman–Crippen LogP) is 1.45. The summed E-state index contributed by atoms with van der Waals surface area (Å²) in [7, 11) is 0. The van der Waals surface area contributed by atoms with Crippen molar-refractivity contribution in [3.8, 4) is 0 Å². The van der Waals surface area contributed by atoms with E-state index in [2.05, 4.69) is 5.32 Å². The summed E-state index contributed by atoms with van der Waals surface area (Å²) >= 11 is 0. The van der Waals surface area contributed by atoms with Crippen molar-refractivity contribution in [2.75, 3.05) is 0 Å². The van der Waals surface area contributed by atoms with Gasteiger partial charge < -0.3 is 0 Å². The molecular weight excluding hydrogens is 190 g/mol. The number of rotatable bonds is 0. The molecule has 3 rings (SSSR count). The van der Waals surface area contributed by atoms with Crippen LogP contribution in [0.2, 0.25) is 0 Å². The number of benzene rings is 1. The molecule has 1 heterocycles. The molecule has 0 unspecified atom stereocenters. The van der Waals surface area contributed by atoms with E-state index >= 15 is 0 Å². The second-order valence-corrected chi connectivity index (χ2v) is 4.16. The van der Waals surface area contributed by atoms with Crippen LogP contribution in [0.1, 0.15) is 44.7 Å². The summed E-state index contributed by atoms with van der Waals surface area (Å²) in [5, 5.41) is 2.33. The molecule has 1 aliphatic carbocycles. The predicted molar refractivity (Wildman–Crippen MR) is 54.9 cm³/mol. The molecule has 15 heavy (non-hydrogen) atoms. The maximum Gasteiger partial charge on any atom is 0.258 e. The molecule has 1 aromatic carbocycles. The normalized spacial score (nSPS) is 18.4. The third-order valence-corrected chi connectivity index (χ3v) is 3.20. The van der Waals surface area contributed by atoms with Gasteiger partial charge in [0.2, 0.25) is 0 Å². The summed E-state index contributed by atoms with van der Waals surface area (Å²) in [6.45, 7) is 0. The molecule has 0 saturated carbocycles. The van der Waals surface area contributed by atoms with Gasteiger partial charge >= 0.3 is 0 Å². The van der Waals surface area contributed by atoms with Gasteiger partial charge in [-0.15, -0.1) is 0 Å². The average Bonchev–Trinajstić information content (AvgIpc) is 2.52. The molecule has 0 atom stereocenters. The molecule has 0 fully saturated rings. The molecule has 76 valence electrons. The van der Waals surface area contributed by atoms with Gasteiger partial charge in [0, 0.05) is 0 Å². The van der Waals surface area contributed by atoms with Crippen molar-refractivity contribution in [2.45, 2.75) is 25.7 Å². The number of carbonyl (C=O) groups excluding carboxylic acids is 2. The highest BCUT2D eigenvalue weighted by atomic mass is 16.2. The van der Waals surface area contributed by atoms with Gasteiger partial charge in [-0.1, -0.05) is 0 Å². The second kappa shape index (κ2) is 2.92. The Kier molecular flexibility index (Phi) is 1.69. The Balaban J connectivity index is 2.20. The SMILES string of the molecule is O=C1NC(=O)c2cc3c(cc21)CCCC3. The van der Waals surface area contributed by atoms with Gasteiger partial charge in [0.25, 0.3) is 11.8 Å². The van der Waals surface area contributed by atoms with Crippen LogP contribution in [0.5, 0.6) is 0 Å². The fourth-order valence-electron chi connectivity index (χ4n) is 2.40. The average molecular weight is 201 g/mol. The fraction of sp³-hybridized carbons (Fsp3) is 0.333. The number of hydrogen-bond donors (Lipinski definition) is 1. The van der Waals surface area contributed by atoms with Crippen LogP contribution in [0, 0.1) is 0 Å². The highest BCUT2D eigenvalue weighted by molar-refractivity contribution is 6.21. The van der Waals surface area contributed by atoms with Gasteiger partial charge in [-0.3, -0.25) is 14.9 Å². The minimum absolute atomic E-state index is 0.247. The van der Waals surface area contributed by atoms with Crippen LogP contribution in [0.15, 0.2) is 12.1 Å². The summed E-state index contributed by atoms with van der Waals surface area (Å²) < 4.78 is 0. The number of carbonyl (C=O) groups is 2. The Morgan fingerprint density at radius 1 is 0.867 bits per heavy atom. The third kappa shape index (κ3) is 1.19. The van der Waals surface area contributed by atoms with Crippen LogP contribution < -0.4 is 5.32 Å². The van der Waals surface area contributed by atoms with E-state index in [1.54, 1.807) is 0 Å². The van der Waals surface area contributed by atoms with Gasteiger partial charge in [0.05, 0.1) is 11.1 Å². The Labute approximate surface area is 87.5 Å². The lowest BCUT2D eigenvalue weighted by atomic mass is 9.88. The number of nitrogens with one attached hydrogen (secondary N) is 1. The first-order valence-electron chi connectivity index (χ1n) is 5.27. The zero-order valence-electron chi connectivity index (χ0n) is 8.30. The van der Waals surface area contributed by atoms with Crippen molar-refractivity contribution in [1.82, 2.24) is 5.32 Å². The summed E-state index contributed by atoms with van der Waals surface area (Å²) in [6.07, 6.45) is 4.43. The largest absolute Gasteiger partial charge is 0.288 e. The molecule has 3 nitrogen and oxygen atoms in total. The molecule has 1 aromatic rings. The first kappa shape index (κ1) is 8.65. The smallest absolute Gasteiger partial charge is 0.258 e. The first-order chi connectivity index (χ1) is 7.25. The van der Waals surface area contributed by atoms with Crippen LogP contribution in [0.25, 0.3) is 0 Å². The molecule has 1 N–H and O–H groups in total. The highest BCUT2D eigenvalue weighted by Crippen LogP contribution is 2.26. The van der Waals surface area contributed by atoms with Crippen LogP contribution >= 0.6 is 0 Å². The first-order valence-corrected chi connectivity index (χ1v) is 5.27. The lowest BCUT2D eigenvalue weighted by Crippen LogP contribution is -2.19. The molecule has 1 aliphatic heterocycles. The Hall–Kier alpha value is -1.64. The fourth-order valence-corrected chi connectivity index (χ4v) is 2.40. The molecule has 0 saturated heterocycles. The summed E-state index contributed by atoms with van der Waals surface area (Å²) in [5.74, 6) is -0.494. The summed E-state index contributed by atoms with van der Waals surface area (Å²) in [6, 6.07) is 3.79. The number of hydrogen-bond acceptors (Lipinski definition) is 2. The number of amides is 2. The molecule has 2 aliphatic rings. The topological polar surface area (TPSA) is 46.2 Å². The zero-order chi connectivity index (χ0) is 10.4. The maximum absolute atomic E-state index is 11.4. The summed E-state index contributed by atoms with van der Waals surface area (Å²) in [5.41, 5.74) is 3.59. The van der Waals surface area contributed by atoms with Crippen molar-refractivity contribution in [2.24, 2.45) is 0 Å². The molecule has 3 heteroatoms. The second-order valence-electron chi connectivity index (χ2n) is 4.16. The lowest BCUT2D eigenvalue weighted by Gasteiger charge is -2.15. The van der Waals surface area contributed by atoms with Crippen LogP contribution in [0.4, 0.5) is 0 Å². The van der Waals surface area contributed by atoms with E-state index in [1.807, 2.05) is 12.1 Å². The van der Waals surface area contributed by atoms with Crippen LogP contribution in [-0.2, 0) is 12.8 Å². The van der Waals surface area contributed by atoms with E-state index in [0.29, 0.717) is 11.1 Å². The van der Waals surface area contributed by atoms with Crippen LogP contribution in [0.3, 0.4) is 0 Å². The monoisotopic (exact) mass is 201 g/mol. The Bertz CT molecular complexity index is 434. The van der Waals surface area contributed by atoms with E-state index in [-0.39, 0.29) is 11.8 Å². The molecule has 0 spiro atoms. The highest BCUT2D eigenvalue weighted by Gasteiger charge is 2.28. The summed E-state index contributed by atoms with van der Waals surface area (Å²) in [4.78, 5) is 22.9. The van der Waals surface area contributed by atoms with Gasteiger partial charge in [-0.05, 0) is 48.9 Å². The van der Waals surface area contributed by atoms with E-state index in [1.165, 1.54) is 24.0 Å². The Morgan fingerprint density at radius 3 is 1.80 bits per heavy atom. The lowest BCUT2D eigenvalue weighted by molar-refractivity contribution is 0.0879. The molecule has 2 amide bonds. The minimum Gasteiger partial charge on any atom is -0.288 e. The molecule has 0 aromatic heterocycles. The van der Waals surface area contributed by atoms with Crippen molar-refractivity contribution in [1.29, 1.82) is 0 Å². The number of imide groups is 1. The van der Waals surface area contributed by atoms with Gasteiger partial charge in [0.1, 0.15) is 0 Å². The molecular formula is C12H11NO2. The maximum atomic E-state index is 11.4. The third-order valence-electron chi connectivity index (χ3n) is 3.20. The van der Waals surface area contributed by atoms with Crippen LogP contribution in [-0.4, -0.2) is 11.8 Å². The number of fused-ring (bicyclic) bond motifs is 2. The van der Waals surface area contributed by atoms with Crippen molar-refractivity contribution >= 4 is 11.8 Å². The minimum atomic E-state index is -0.247. The quantitative estimate of drug-likeness (QED) is 0.646. The Morgan fingerprint density at radius 2 is 1.33 bits per heavy atom. The van der Waals surface area contributed by atoms with E-state index < -0.39 is 0 Å². The van der Waals surface area contributed by atoms with Crippen molar-refractivity contribution in [3.05, 3.63) is 34.4 Å². The van der Waals surface area contributed by atoms with Gasteiger partial charge in [-0.2, -0.15) is 0 Å². The number of aryl methyl sites for hydroxylation is 2. The zero-order valence-corrected chi connectivity index (χ0v) is 8.30. The van der Waals surface area contributed by atoms with E-state index in [9.17, 15) is 9.59 Å². The van der Waals surface area contributed by atoms with E-state index in [4.69, 9.17) is 0 Å². The molecule has 0 bridgehead atoms. The van der Waals surface area contributed by atoms with Crippen molar-refractivity contribution < 1.29 is 9.59 Å².